The highest BCUT2D eigenvalue weighted by Crippen LogP contribution is 2.12. The van der Waals surface area contributed by atoms with Gasteiger partial charge < -0.3 is 5.32 Å². The lowest BCUT2D eigenvalue weighted by molar-refractivity contribution is -0.113. The summed E-state index contributed by atoms with van der Waals surface area (Å²) in [4.78, 5) is 23.4. The number of hydrogen-bond acceptors (Lipinski definition) is 2. The number of halogens is 1. The van der Waals surface area contributed by atoms with Gasteiger partial charge in [0.1, 0.15) is 6.04 Å². The first-order chi connectivity index (χ1) is 8.81. The van der Waals surface area contributed by atoms with E-state index in [-0.39, 0.29) is 11.8 Å². The minimum absolute atomic E-state index is 0.261. The maximum Gasteiger partial charge on any atom is 0.251 e. The van der Waals surface area contributed by atoms with Crippen molar-refractivity contribution in [3.63, 3.8) is 0 Å². The zero-order chi connectivity index (χ0) is 14.6. The van der Waals surface area contributed by atoms with Crippen LogP contribution in [0.3, 0.4) is 0 Å². The molecule has 19 heavy (non-hydrogen) atoms. The molecule has 0 aliphatic rings. The van der Waals surface area contributed by atoms with E-state index in [1.54, 1.807) is 6.07 Å². The van der Waals surface area contributed by atoms with E-state index in [9.17, 15) is 9.59 Å². The molecule has 0 aliphatic heterocycles. The first-order valence-corrected chi connectivity index (χ1v) is 6.76. The number of carbonyl (C=O) groups is 2. The summed E-state index contributed by atoms with van der Waals surface area (Å²) in [6, 6.07) is 4.83. The van der Waals surface area contributed by atoms with Gasteiger partial charge in [0.15, 0.2) is 0 Å². The van der Waals surface area contributed by atoms with Gasteiger partial charge in [-0.3, -0.25) is 9.59 Å². The summed E-state index contributed by atoms with van der Waals surface area (Å²) in [5, 5.41) is 2.17. The van der Waals surface area contributed by atoms with Crippen LogP contribution >= 0.6 is 11.6 Å². The van der Waals surface area contributed by atoms with Crippen LogP contribution in [0.25, 0.3) is 0 Å². The van der Waals surface area contributed by atoms with Gasteiger partial charge >= 0.3 is 0 Å². The Hall–Kier alpha value is -1.35. The topological polar surface area (TPSA) is 46.2 Å². The molecular formula is C15H20ClNO2. The second-order valence-electron chi connectivity index (χ2n) is 5.26. The summed E-state index contributed by atoms with van der Waals surface area (Å²) in [6.45, 7) is 7.90. The van der Waals surface area contributed by atoms with Crippen molar-refractivity contribution in [2.75, 3.05) is 0 Å². The quantitative estimate of drug-likeness (QED) is 0.843. The minimum atomic E-state index is -0.629. The molecule has 3 nitrogen and oxygen atoms in total. The van der Waals surface area contributed by atoms with Gasteiger partial charge in [-0.15, -0.1) is 0 Å². The molecule has 0 radical (unpaired) electrons. The molecule has 1 unspecified atom stereocenters. The number of carbonyl (C=O) groups excluding carboxylic acids is 2. The van der Waals surface area contributed by atoms with Crippen LogP contribution in [0.2, 0.25) is 0 Å². The fourth-order valence-corrected chi connectivity index (χ4v) is 1.95. The molecule has 0 bridgehead atoms. The minimum Gasteiger partial charge on any atom is -0.341 e. The molecule has 0 spiro atoms. The summed E-state index contributed by atoms with van der Waals surface area (Å²) in [6.07, 6.45) is 0.541. The van der Waals surface area contributed by atoms with E-state index in [1.807, 2.05) is 39.8 Å². The smallest absolute Gasteiger partial charge is 0.251 e. The molecule has 1 rings (SSSR count). The Kier molecular flexibility index (Phi) is 5.55. The first-order valence-electron chi connectivity index (χ1n) is 6.38. The van der Waals surface area contributed by atoms with Crippen LogP contribution in [-0.4, -0.2) is 17.2 Å². The van der Waals surface area contributed by atoms with Crippen LogP contribution in [0.15, 0.2) is 18.2 Å². The van der Waals surface area contributed by atoms with E-state index in [4.69, 9.17) is 11.6 Å². The molecule has 0 heterocycles. The molecule has 1 amide bonds. The molecular weight excluding hydrogens is 262 g/mol. The monoisotopic (exact) mass is 281 g/mol. The van der Waals surface area contributed by atoms with Crippen molar-refractivity contribution in [2.45, 2.75) is 40.2 Å². The lowest BCUT2D eigenvalue weighted by Gasteiger charge is -2.17. The third-order valence-corrected chi connectivity index (χ3v) is 3.32. The van der Waals surface area contributed by atoms with Crippen molar-refractivity contribution in [3.05, 3.63) is 34.9 Å². The molecule has 0 aliphatic carbocycles. The van der Waals surface area contributed by atoms with Crippen molar-refractivity contribution in [3.8, 4) is 0 Å². The average molecular weight is 282 g/mol. The van der Waals surface area contributed by atoms with Gasteiger partial charge in [0, 0.05) is 5.56 Å². The highest BCUT2D eigenvalue weighted by atomic mass is 35.5. The number of rotatable bonds is 5. The average Bonchev–Trinajstić information content (AvgIpc) is 2.31. The molecule has 0 saturated heterocycles. The highest BCUT2D eigenvalue weighted by Gasteiger charge is 2.20. The lowest BCUT2D eigenvalue weighted by Crippen LogP contribution is -2.39. The van der Waals surface area contributed by atoms with E-state index in [2.05, 4.69) is 5.32 Å². The molecule has 4 heteroatoms. The number of benzene rings is 1. The molecule has 1 atom stereocenters. The predicted molar refractivity (Wildman–Crippen MR) is 77.5 cm³/mol. The molecule has 0 saturated carbocycles. The van der Waals surface area contributed by atoms with Crippen LogP contribution in [0, 0.1) is 19.8 Å². The normalized spacial score (nSPS) is 12.3. The highest BCUT2D eigenvalue weighted by molar-refractivity contribution is 6.64. The molecule has 0 fully saturated rings. The molecule has 104 valence electrons. The summed E-state index contributed by atoms with van der Waals surface area (Å²) in [5.41, 5.74) is 2.73. The SMILES string of the molecule is Cc1ccc(C(=O)NC(CC(C)C)C(=O)Cl)cc1C. The van der Waals surface area contributed by atoms with Gasteiger partial charge in [-0.05, 0) is 61.0 Å². The Balaban J connectivity index is 2.81. The van der Waals surface area contributed by atoms with Gasteiger partial charge in [0.25, 0.3) is 5.91 Å². The number of amides is 1. The van der Waals surface area contributed by atoms with E-state index in [1.165, 1.54) is 0 Å². The largest absolute Gasteiger partial charge is 0.341 e. The Morgan fingerprint density at radius 1 is 1.21 bits per heavy atom. The van der Waals surface area contributed by atoms with Gasteiger partial charge in [-0.1, -0.05) is 19.9 Å². The lowest BCUT2D eigenvalue weighted by atomic mass is 10.0. The molecule has 1 aromatic rings. The second-order valence-corrected chi connectivity index (χ2v) is 5.63. The van der Waals surface area contributed by atoms with E-state index >= 15 is 0 Å². The summed E-state index contributed by atoms with van der Waals surface area (Å²) >= 11 is 5.52. The zero-order valence-corrected chi connectivity index (χ0v) is 12.5. The van der Waals surface area contributed by atoms with Crippen LogP contribution < -0.4 is 5.32 Å². The second kappa shape index (κ2) is 6.71. The third-order valence-electron chi connectivity index (χ3n) is 3.06. The summed E-state index contributed by atoms with van der Waals surface area (Å²) in [5.74, 6) is 0.0236. The standard InChI is InChI=1S/C15H20ClNO2/c1-9(2)7-13(14(16)18)17-15(19)12-6-5-10(3)11(4)8-12/h5-6,8-9,13H,7H2,1-4H3,(H,17,19). The van der Waals surface area contributed by atoms with Crippen molar-refractivity contribution in [1.82, 2.24) is 5.32 Å². The van der Waals surface area contributed by atoms with Crippen LogP contribution in [-0.2, 0) is 4.79 Å². The Bertz CT molecular complexity index is 483. The summed E-state index contributed by atoms with van der Waals surface area (Å²) in [7, 11) is 0. The zero-order valence-electron chi connectivity index (χ0n) is 11.8. The van der Waals surface area contributed by atoms with Gasteiger partial charge in [0.2, 0.25) is 5.24 Å². The van der Waals surface area contributed by atoms with Crippen LogP contribution in [0.4, 0.5) is 0 Å². The Morgan fingerprint density at radius 3 is 2.32 bits per heavy atom. The Labute approximate surface area is 119 Å². The number of aryl methyl sites for hydroxylation is 2. The van der Waals surface area contributed by atoms with E-state index in [0.29, 0.717) is 12.0 Å². The van der Waals surface area contributed by atoms with Crippen molar-refractivity contribution in [2.24, 2.45) is 5.92 Å². The Morgan fingerprint density at radius 2 is 1.84 bits per heavy atom. The maximum absolute atomic E-state index is 12.1. The molecule has 0 aromatic heterocycles. The van der Waals surface area contributed by atoms with E-state index < -0.39 is 11.3 Å². The van der Waals surface area contributed by atoms with Crippen molar-refractivity contribution in [1.29, 1.82) is 0 Å². The van der Waals surface area contributed by atoms with Crippen molar-refractivity contribution < 1.29 is 9.59 Å². The molecule has 1 N–H and O–H groups in total. The van der Waals surface area contributed by atoms with Gasteiger partial charge in [-0.25, -0.2) is 0 Å². The van der Waals surface area contributed by atoms with Crippen LogP contribution in [0.5, 0.6) is 0 Å². The van der Waals surface area contributed by atoms with Gasteiger partial charge in [-0.2, -0.15) is 0 Å². The van der Waals surface area contributed by atoms with Crippen molar-refractivity contribution >= 4 is 22.8 Å². The van der Waals surface area contributed by atoms with E-state index in [0.717, 1.165) is 11.1 Å². The first kappa shape index (κ1) is 15.7. The molecule has 1 aromatic carbocycles. The number of nitrogens with one attached hydrogen (secondary N) is 1. The number of hydrogen-bond donors (Lipinski definition) is 1. The fourth-order valence-electron chi connectivity index (χ4n) is 1.80. The summed E-state index contributed by atoms with van der Waals surface area (Å²) < 4.78 is 0. The fraction of sp³-hybridized carbons (Fsp3) is 0.467. The van der Waals surface area contributed by atoms with Gasteiger partial charge in [0.05, 0.1) is 0 Å². The van der Waals surface area contributed by atoms with Crippen LogP contribution in [0.1, 0.15) is 41.8 Å². The maximum atomic E-state index is 12.1. The third kappa shape index (κ3) is 4.67. The predicted octanol–water partition coefficient (Wildman–Crippen LogP) is 3.21.